The summed E-state index contributed by atoms with van der Waals surface area (Å²) in [6, 6.07) is 11.9. The second-order valence-corrected chi connectivity index (χ2v) is 6.09. The monoisotopic (exact) mass is 367 g/mol. The summed E-state index contributed by atoms with van der Waals surface area (Å²) in [6.45, 7) is 1.67. The minimum absolute atomic E-state index is 0.173. The Bertz CT molecular complexity index is 1210. The topological polar surface area (TPSA) is 59.4 Å². The second kappa shape index (κ2) is 6.35. The molecule has 27 heavy (non-hydrogen) atoms. The van der Waals surface area contributed by atoms with E-state index in [9.17, 15) is 13.6 Å². The summed E-state index contributed by atoms with van der Waals surface area (Å²) < 4.78 is 34.0. The first kappa shape index (κ1) is 17.0. The first-order valence-corrected chi connectivity index (χ1v) is 8.20. The molecule has 7 heteroatoms. The zero-order valence-electron chi connectivity index (χ0n) is 14.6. The van der Waals surface area contributed by atoms with Gasteiger partial charge in [0.25, 0.3) is 5.56 Å². The number of aromatic amines is 1. The van der Waals surface area contributed by atoms with Crippen LogP contribution < -0.4 is 10.3 Å². The molecule has 0 aliphatic heterocycles. The van der Waals surface area contributed by atoms with Crippen LogP contribution in [-0.2, 0) is 0 Å². The van der Waals surface area contributed by atoms with Gasteiger partial charge in [0.05, 0.1) is 24.1 Å². The number of aryl methyl sites for hydroxylation is 1. The number of halogens is 2. The van der Waals surface area contributed by atoms with Gasteiger partial charge in [-0.25, -0.2) is 8.78 Å². The number of hydrogen-bond donors (Lipinski definition) is 1. The molecule has 1 N–H and O–H groups in total. The van der Waals surface area contributed by atoms with Crippen LogP contribution >= 0.6 is 0 Å². The summed E-state index contributed by atoms with van der Waals surface area (Å²) in [7, 11) is 1.57. The van der Waals surface area contributed by atoms with Gasteiger partial charge in [-0.3, -0.25) is 4.79 Å². The lowest BCUT2D eigenvalue weighted by molar-refractivity contribution is 0.415. The molecular weight excluding hydrogens is 352 g/mol. The van der Waals surface area contributed by atoms with Crippen molar-refractivity contribution in [3.63, 3.8) is 0 Å². The summed E-state index contributed by atoms with van der Waals surface area (Å²) in [6.07, 6.45) is 0. The highest BCUT2D eigenvalue weighted by Gasteiger charge is 2.18. The third kappa shape index (κ3) is 2.87. The number of aromatic nitrogens is 3. The van der Waals surface area contributed by atoms with Crippen molar-refractivity contribution in [3.8, 4) is 28.1 Å². The number of benzene rings is 2. The maximum Gasteiger partial charge on any atom is 0.274 e. The molecule has 2 aromatic carbocycles. The van der Waals surface area contributed by atoms with Crippen LogP contribution in [0.25, 0.3) is 28.0 Å². The summed E-state index contributed by atoms with van der Waals surface area (Å²) in [5, 5.41) is 4.21. The molecule has 5 nitrogen and oxygen atoms in total. The van der Waals surface area contributed by atoms with Crippen LogP contribution in [0.1, 0.15) is 5.69 Å². The van der Waals surface area contributed by atoms with Crippen LogP contribution in [-0.4, -0.2) is 21.7 Å². The average Bonchev–Trinajstić information content (AvgIpc) is 2.98. The van der Waals surface area contributed by atoms with Gasteiger partial charge in [0.2, 0.25) is 0 Å². The van der Waals surface area contributed by atoms with E-state index in [4.69, 9.17) is 4.74 Å². The Morgan fingerprint density at radius 3 is 2.48 bits per heavy atom. The quantitative estimate of drug-likeness (QED) is 0.596. The molecule has 0 spiro atoms. The second-order valence-electron chi connectivity index (χ2n) is 6.09. The highest BCUT2D eigenvalue weighted by Crippen LogP contribution is 2.30. The fourth-order valence-electron chi connectivity index (χ4n) is 3.09. The normalized spacial score (nSPS) is 11.1. The molecule has 2 heterocycles. The molecule has 0 aliphatic rings. The highest BCUT2D eigenvalue weighted by molar-refractivity contribution is 5.81. The van der Waals surface area contributed by atoms with E-state index in [1.165, 1.54) is 22.7 Å². The summed E-state index contributed by atoms with van der Waals surface area (Å²) in [5.41, 5.74) is 2.36. The van der Waals surface area contributed by atoms with E-state index in [0.29, 0.717) is 28.3 Å². The molecule has 2 aromatic heterocycles. The van der Waals surface area contributed by atoms with Crippen molar-refractivity contribution < 1.29 is 13.5 Å². The Labute approximate surface area is 152 Å². The molecule has 0 bridgehead atoms. The number of methoxy groups -OCH3 is 1. The number of nitrogens with one attached hydrogen (secondary N) is 1. The summed E-state index contributed by atoms with van der Waals surface area (Å²) in [4.78, 5) is 15.7. The zero-order valence-corrected chi connectivity index (χ0v) is 14.6. The minimum Gasteiger partial charge on any atom is -0.497 e. The first-order valence-electron chi connectivity index (χ1n) is 8.20. The maximum atomic E-state index is 14.3. The molecule has 0 amide bonds. The Kier molecular flexibility index (Phi) is 3.99. The van der Waals surface area contributed by atoms with E-state index >= 15 is 0 Å². The molecule has 0 atom stereocenters. The predicted octanol–water partition coefficient (Wildman–Crippen LogP) is 3.95. The van der Waals surface area contributed by atoms with E-state index in [0.717, 1.165) is 11.6 Å². The first-order chi connectivity index (χ1) is 13.0. The number of ether oxygens (including phenoxy) is 1. The van der Waals surface area contributed by atoms with E-state index in [1.807, 2.05) is 12.1 Å². The Balaban J connectivity index is 1.96. The number of nitrogens with zero attached hydrogens (tertiary/aromatic N) is 2. The predicted molar refractivity (Wildman–Crippen MR) is 97.9 cm³/mol. The number of hydrogen-bond acceptors (Lipinski definition) is 3. The van der Waals surface area contributed by atoms with Gasteiger partial charge < -0.3 is 9.72 Å². The van der Waals surface area contributed by atoms with E-state index in [-0.39, 0.29) is 11.1 Å². The van der Waals surface area contributed by atoms with Gasteiger partial charge in [0.15, 0.2) is 0 Å². The van der Waals surface area contributed by atoms with Gasteiger partial charge in [-0.2, -0.15) is 9.61 Å². The average molecular weight is 367 g/mol. The summed E-state index contributed by atoms with van der Waals surface area (Å²) >= 11 is 0. The van der Waals surface area contributed by atoms with Gasteiger partial charge in [-0.1, -0.05) is 0 Å². The molecular formula is C20H15F2N3O2. The maximum absolute atomic E-state index is 14.3. The molecule has 0 saturated carbocycles. The van der Waals surface area contributed by atoms with Crippen LogP contribution in [0.4, 0.5) is 8.78 Å². The van der Waals surface area contributed by atoms with Gasteiger partial charge in [0, 0.05) is 17.7 Å². The molecule has 4 rings (SSSR count). The molecule has 136 valence electrons. The largest absolute Gasteiger partial charge is 0.497 e. The standard InChI is InChI=1S/C20H15F2N3O2/c1-11-19(15-8-5-13(21)9-16(15)22)20-23-17(10-18(26)25(20)24-11)12-3-6-14(27-2)7-4-12/h3-10,23H,1-2H3. The van der Waals surface area contributed by atoms with Gasteiger partial charge in [0.1, 0.15) is 23.0 Å². The van der Waals surface area contributed by atoms with Crippen LogP contribution in [0.2, 0.25) is 0 Å². The highest BCUT2D eigenvalue weighted by atomic mass is 19.1. The molecule has 0 saturated heterocycles. The zero-order chi connectivity index (χ0) is 19.1. The van der Waals surface area contributed by atoms with Crippen LogP contribution in [0.15, 0.2) is 53.3 Å². The van der Waals surface area contributed by atoms with Crippen LogP contribution in [0, 0.1) is 18.6 Å². The van der Waals surface area contributed by atoms with Crippen molar-refractivity contribution in [2.75, 3.05) is 7.11 Å². The van der Waals surface area contributed by atoms with Crippen molar-refractivity contribution in [3.05, 3.63) is 76.2 Å². The third-order valence-electron chi connectivity index (χ3n) is 4.39. The molecule has 0 unspecified atom stereocenters. The van der Waals surface area contributed by atoms with E-state index in [1.54, 1.807) is 26.2 Å². The molecule has 0 fully saturated rings. The van der Waals surface area contributed by atoms with Crippen molar-refractivity contribution in [1.29, 1.82) is 0 Å². The van der Waals surface area contributed by atoms with Crippen LogP contribution in [0.5, 0.6) is 5.75 Å². The van der Waals surface area contributed by atoms with Gasteiger partial charge in [-0.05, 0) is 48.9 Å². The van der Waals surface area contributed by atoms with Gasteiger partial charge in [-0.15, -0.1) is 0 Å². The van der Waals surface area contributed by atoms with E-state index in [2.05, 4.69) is 10.1 Å². The SMILES string of the molecule is COc1ccc(-c2cc(=O)n3nc(C)c(-c4ccc(F)cc4F)c3[nH]2)cc1. The lowest BCUT2D eigenvalue weighted by atomic mass is 10.1. The van der Waals surface area contributed by atoms with Crippen molar-refractivity contribution in [2.24, 2.45) is 0 Å². The van der Waals surface area contributed by atoms with Crippen molar-refractivity contribution in [2.45, 2.75) is 6.92 Å². The summed E-state index contributed by atoms with van der Waals surface area (Å²) in [5.74, 6) is -0.696. The smallest absolute Gasteiger partial charge is 0.274 e. The van der Waals surface area contributed by atoms with Gasteiger partial charge >= 0.3 is 0 Å². The molecule has 0 radical (unpaired) electrons. The molecule has 4 aromatic rings. The van der Waals surface area contributed by atoms with Crippen molar-refractivity contribution in [1.82, 2.24) is 14.6 Å². The third-order valence-corrected chi connectivity index (χ3v) is 4.39. The fourth-order valence-corrected chi connectivity index (χ4v) is 3.09. The Hall–Kier alpha value is -3.48. The Morgan fingerprint density at radius 1 is 1.07 bits per heavy atom. The van der Waals surface area contributed by atoms with E-state index < -0.39 is 11.6 Å². The fraction of sp³-hybridized carbons (Fsp3) is 0.100. The molecule has 0 aliphatic carbocycles. The lowest BCUT2D eigenvalue weighted by Crippen LogP contribution is -2.14. The van der Waals surface area contributed by atoms with Crippen LogP contribution in [0.3, 0.4) is 0 Å². The lowest BCUT2D eigenvalue weighted by Gasteiger charge is -2.07. The van der Waals surface area contributed by atoms with Crippen molar-refractivity contribution >= 4 is 5.65 Å². The number of fused-ring (bicyclic) bond motifs is 1. The number of H-pyrrole nitrogens is 1. The Morgan fingerprint density at radius 2 is 1.81 bits per heavy atom. The minimum atomic E-state index is -0.719. The number of rotatable bonds is 3.